The summed E-state index contributed by atoms with van der Waals surface area (Å²) in [6, 6.07) is 17.2. The molecule has 0 saturated heterocycles. The van der Waals surface area contributed by atoms with Crippen LogP contribution in [0, 0.1) is 7.14 Å². The lowest BCUT2D eigenvalue weighted by Gasteiger charge is -2.11. The van der Waals surface area contributed by atoms with Gasteiger partial charge in [-0.15, -0.1) is 0 Å². The highest BCUT2D eigenvalue weighted by atomic mass is 127. The largest absolute Gasteiger partial charge is 0.333 e. The number of halogens is 2. The summed E-state index contributed by atoms with van der Waals surface area (Å²) >= 11 is 4.70. The summed E-state index contributed by atoms with van der Waals surface area (Å²) in [6.45, 7) is 1.49. The number of hydrogen-bond acceptors (Lipinski definition) is 3. The van der Waals surface area contributed by atoms with Gasteiger partial charge in [-0.2, -0.15) is 0 Å². The third-order valence-electron chi connectivity index (χ3n) is 4.94. The topological polar surface area (TPSA) is 48.5 Å². The second-order valence-electron chi connectivity index (χ2n) is 7.10. The Kier molecular flexibility index (Phi) is 5.55. The lowest BCUT2D eigenvalue weighted by Crippen LogP contribution is -2.04. The molecule has 0 fully saturated rings. The number of fused-ring (bicyclic) bond motifs is 1. The first-order chi connectivity index (χ1) is 14.7. The first-order valence-corrected chi connectivity index (χ1v) is 11.6. The van der Waals surface area contributed by atoms with Gasteiger partial charge in [0.2, 0.25) is 0 Å². The van der Waals surface area contributed by atoms with Crippen LogP contribution in [0.25, 0.3) is 22.4 Å². The Morgan fingerprint density at radius 2 is 1.63 bits per heavy atom. The molecule has 0 aliphatic carbocycles. The normalized spacial score (nSPS) is 11.3. The third kappa shape index (κ3) is 4.13. The number of pyridine rings is 1. The maximum Gasteiger partial charge on any atom is 0.143 e. The van der Waals surface area contributed by atoms with Crippen LogP contribution in [0.5, 0.6) is 0 Å². The first kappa shape index (κ1) is 19.7. The Labute approximate surface area is 201 Å². The molecule has 3 heterocycles. The summed E-state index contributed by atoms with van der Waals surface area (Å²) in [7, 11) is 0. The molecule has 0 bridgehead atoms. The fourth-order valence-electron chi connectivity index (χ4n) is 3.54. The Morgan fingerprint density at radius 1 is 0.800 bits per heavy atom. The minimum absolute atomic E-state index is 0.732. The molecule has 0 saturated carbocycles. The standard InChI is InChI=1S/C23H17I2N5/c24-19-3-1-16(2-4-19)14-30-22-10-20(25)5-6-21(22)28-23(30)18-9-17(11-27-12-18)13-29-8-7-26-15-29/h1-12,15H,13-14H2. The molecule has 0 aliphatic rings. The predicted molar refractivity (Wildman–Crippen MR) is 135 cm³/mol. The summed E-state index contributed by atoms with van der Waals surface area (Å²) in [5.74, 6) is 0.936. The molecule has 5 nitrogen and oxygen atoms in total. The minimum atomic E-state index is 0.732. The molecule has 0 aliphatic heterocycles. The number of imidazole rings is 2. The highest BCUT2D eigenvalue weighted by molar-refractivity contribution is 14.1. The average molecular weight is 617 g/mol. The molecule has 5 aromatic rings. The average Bonchev–Trinajstić information content (AvgIpc) is 3.38. The lowest BCUT2D eigenvalue weighted by molar-refractivity contribution is 0.792. The highest BCUT2D eigenvalue weighted by Crippen LogP contribution is 2.27. The number of hydrogen-bond donors (Lipinski definition) is 0. The van der Waals surface area contributed by atoms with Crippen LogP contribution in [0.1, 0.15) is 11.1 Å². The SMILES string of the molecule is Ic1ccc(Cn2c(-c3cncc(Cn4ccnc4)c3)nc3ccc(I)cc32)cc1. The summed E-state index contributed by atoms with van der Waals surface area (Å²) < 4.78 is 6.76. The van der Waals surface area contributed by atoms with Crippen LogP contribution in [0.4, 0.5) is 0 Å². The zero-order valence-corrected chi connectivity index (χ0v) is 20.2. The van der Waals surface area contributed by atoms with Gasteiger partial charge in [0.25, 0.3) is 0 Å². The van der Waals surface area contributed by atoms with Gasteiger partial charge in [0.1, 0.15) is 5.82 Å². The van der Waals surface area contributed by atoms with E-state index in [2.05, 4.69) is 108 Å². The summed E-state index contributed by atoms with van der Waals surface area (Å²) in [6.07, 6.45) is 9.37. The molecule has 0 spiro atoms. The molecule has 30 heavy (non-hydrogen) atoms. The maximum atomic E-state index is 4.97. The van der Waals surface area contributed by atoms with Crippen molar-refractivity contribution in [2.75, 3.05) is 0 Å². The van der Waals surface area contributed by atoms with E-state index in [1.807, 2.05) is 29.5 Å². The van der Waals surface area contributed by atoms with Crippen molar-refractivity contribution in [3.63, 3.8) is 0 Å². The van der Waals surface area contributed by atoms with Crippen molar-refractivity contribution in [2.45, 2.75) is 13.1 Å². The zero-order chi connectivity index (χ0) is 20.5. The molecule has 7 heteroatoms. The lowest BCUT2D eigenvalue weighted by atomic mass is 10.1. The van der Waals surface area contributed by atoms with Crippen LogP contribution in [0.2, 0.25) is 0 Å². The van der Waals surface area contributed by atoms with E-state index in [4.69, 9.17) is 4.98 Å². The van der Waals surface area contributed by atoms with Crippen molar-refractivity contribution < 1.29 is 0 Å². The monoisotopic (exact) mass is 617 g/mol. The van der Waals surface area contributed by atoms with Gasteiger partial charge in [-0.05, 0) is 92.7 Å². The van der Waals surface area contributed by atoms with Crippen molar-refractivity contribution in [1.82, 2.24) is 24.1 Å². The molecule has 3 aromatic heterocycles. The quantitative estimate of drug-likeness (QED) is 0.242. The molecule has 0 unspecified atom stereocenters. The smallest absolute Gasteiger partial charge is 0.143 e. The van der Waals surface area contributed by atoms with Crippen LogP contribution in [0.15, 0.2) is 79.6 Å². The number of benzene rings is 2. The van der Waals surface area contributed by atoms with Crippen molar-refractivity contribution in [2.24, 2.45) is 0 Å². The van der Waals surface area contributed by atoms with E-state index >= 15 is 0 Å². The third-order valence-corrected chi connectivity index (χ3v) is 6.33. The first-order valence-electron chi connectivity index (χ1n) is 9.46. The van der Waals surface area contributed by atoms with Crippen LogP contribution < -0.4 is 0 Å². The van der Waals surface area contributed by atoms with Crippen molar-refractivity contribution in [3.8, 4) is 11.4 Å². The van der Waals surface area contributed by atoms with Crippen molar-refractivity contribution in [3.05, 3.63) is 97.9 Å². The molecule has 2 aromatic carbocycles. The molecule has 0 N–H and O–H groups in total. The van der Waals surface area contributed by atoms with Crippen molar-refractivity contribution in [1.29, 1.82) is 0 Å². The number of nitrogens with zero attached hydrogens (tertiary/aromatic N) is 5. The van der Waals surface area contributed by atoms with Gasteiger partial charge in [-0.25, -0.2) is 9.97 Å². The second-order valence-corrected chi connectivity index (χ2v) is 9.59. The van der Waals surface area contributed by atoms with Gasteiger partial charge in [-0.3, -0.25) is 4.98 Å². The van der Waals surface area contributed by atoms with Gasteiger partial charge in [0, 0.05) is 44.0 Å². The molecule has 5 rings (SSSR count). The maximum absolute atomic E-state index is 4.97. The molecular weight excluding hydrogens is 600 g/mol. The molecule has 0 atom stereocenters. The Balaban J connectivity index is 1.60. The van der Waals surface area contributed by atoms with E-state index in [0.717, 1.165) is 41.1 Å². The van der Waals surface area contributed by atoms with Crippen LogP contribution in [-0.2, 0) is 13.1 Å². The Bertz CT molecular complexity index is 1310. The van der Waals surface area contributed by atoms with E-state index in [-0.39, 0.29) is 0 Å². The van der Waals surface area contributed by atoms with E-state index in [0.29, 0.717) is 0 Å². The fraction of sp³-hybridized carbons (Fsp3) is 0.0870. The minimum Gasteiger partial charge on any atom is -0.333 e. The van der Waals surface area contributed by atoms with Gasteiger partial charge in [0.15, 0.2) is 0 Å². The molecule has 148 valence electrons. The van der Waals surface area contributed by atoms with Crippen LogP contribution >= 0.6 is 45.2 Å². The van der Waals surface area contributed by atoms with Gasteiger partial charge in [-0.1, -0.05) is 12.1 Å². The van der Waals surface area contributed by atoms with Gasteiger partial charge < -0.3 is 9.13 Å². The zero-order valence-electron chi connectivity index (χ0n) is 15.9. The predicted octanol–water partition coefficient (Wildman–Crippen LogP) is 5.60. The van der Waals surface area contributed by atoms with E-state index in [1.54, 1.807) is 6.20 Å². The van der Waals surface area contributed by atoms with E-state index < -0.39 is 0 Å². The van der Waals surface area contributed by atoms with Gasteiger partial charge >= 0.3 is 0 Å². The Morgan fingerprint density at radius 3 is 2.43 bits per heavy atom. The molecular formula is C23H17I2N5. The summed E-state index contributed by atoms with van der Waals surface area (Å²) in [4.78, 5) is 13.6. The van der Waals surface area contributed by atoms with Crippen LogP contribution in [-0.4, -0.2) is 24.1 Å². The number of rotatable bonds is 5. The molecule has 0 amide bonds. The van der Waals surface area contributed by atoms with Crippen LogP contribution in [0.3, 0.4) is 0 Å². The highest BCUT2D eigenvalue weighted by Gasteiger charge is 2.14. The summed E-state index contributed by atoms with van der Waals surface area (Å²) in [5.41, 5.74) is 5.51. The Hall–Kier alpha value is -2.27. The number of aromatic nitrogens is 5. The second kappa shape index (κ2) is 8.46. The molecule has 0 radical (unpaired) electrons. The van der Waals surface area contributed by atoms with Gasteiger partial charge in [0.05, 0.1) is 23.9 Å². The summed E-state index contributed by atoms with van der Waals surface area (Å²) in [5, 5.41) is 0. The van der Waals surface area contributed by atoms with E-state index in [1.165, 1.54) is 12.7 Å². The van der Waals surface area contributed by atoms with E-state index in [9.17, 15) is 0 Å². The fourth-order valence-corrected chi connectivity index (χ4v) is 4.37. The van der Waals surface area contributed by atoms with Crippen molar-refractivity contribution >= 4 is 56.2 Å².